The topological polar surface area (TPSA) is 41.5 Å². The van der Waals surface area contributed by atoms with Crippen molar-refractivity contribution < 1.29 is 23.0 Å². The Balaban J connectivity index is 2.01. The molecule has 6 heteroatoms. The molecule has 3 aromatic carbocycles. The molecule has 3 rings (SSSR count). The maximum Gasteiger partial charge on any atom is 0.417 e. The van der Waals surface area contributed by atoms with Gasteiger partial charge in [-0.2, -0.15) is 13.2 Å². The molecule has 0 aliphatic heterocycles. The molecule has 31 heavy (non-hydrogen) atoms. The molecular formula is C25H24F3NO2. The third kappa shape index (κ3) is 6.20. The predicted octanol–water partition coefficient (Wildman–Crippen LogP) is 5.17. The minimum absolute atomic E-state index is 0.0479. The van der Waals surface area contributed by atoms with Crippen molar-refractivity contribution in [3.63, 3.8) is 0 Å². The molecule has 0 aromatic heterocycles. The Morgan fingerprint density at radius 2 is 1.29 bits per heavy atom. The summed E-state index contributed by atoms with van der Waals surface area (Å²) in [6.45, 7) is 1.47. The summed E-state index contributed by atoms with van der Waals surface area (Å²) in [6, 6.07) is 23.1. The van der Waals surface area contributed by atoms with Crippen molar-refractivity contribution in [1.82, 2.24) is 5.32 Å². The van der Waals surface area contributed by atoms with Crippen LogP contribution in [0.3, 0.4) is 0 Å². The molecule has 0 spiro atoms. The Labute approximate surface area is 179 Å². The van der Waals surface area contributed by atoms with Crippen molar-refractivity contribution in [3.05, 3.63) is 102 Å². The minimum Gasteiger partial charge on any atom is -0.492 e. The zero-order valence-corrected chi connectivity index (χ0v) is 16.9. The Hall–Kier alpha value is -3.09. The minimum atomic E-state index is -4.54. The van der Waals surface area contributed by atoms with Gasteiger partial charge in [0.15, 0.2) is 0 Å². The van der Waals surface area contributed by atoms with E-state index in [0.29, 0.717) is 36.6 Å². The number of halogens is 3. The largest absolute Gasteiger partial charge is 0.492 e. The maximum atomic E-state index is 14.3. The number of nitrogens with one attached hydrogen (secondary N) is 1. The van der Waals surface area contributed by atoms with Crippen LogP contribution in [0.25, 0.3) is 11.1 Å². The first-order valence-corrected chi connectivity index (χ1v) is 9.98. The zero-order valence-electron chi connectivity index (χ0n) is 16.9. The summed E-state index contributed by atoms with van der Waals surface area (Å²) in [4.78, 5) is 0. The summed E-state index contributed by atoms with van der Waals surface area (Å²) in [5, 5.41) is 11.8. The van der Waals surface area contributed by atoms with Gasteiger partial charge in [0.1, 0.15) is 12.4 Å². The first-order valence-electron chi connectivity index (χ1n) is 9.98. The van der Waals surface area contributed by atoms with E-state index in [0.717, 1.165) is 0 Å². The number of rotatable bonds is 9. The Bertz CT molecular complexity index is 969. The van der Waals surface area contributed by atoms with E-state index in [4.69, 9.17) is 9.84 Å². The monoisotopic (exact) mass is 427 g/mol. The van der Waals surface area contributed by atoms with Gasteiger partial charge in [-0.3, -0.25) is 0 Å². The molecule has 0 aliphatic carbocycles. The average Bonchev–Trinajstić information content (AvgIpc) is 2.78. The number of aliphatic hydroxyl groups excluding tert-OH is 1. The van der Waals surface area contributed by atoms with E-state index in [1.165, 1.54) is 12.1 Å². The molecule has 0 saturated carbocycles. The first-order chi connectivity index (χ1) is 15.0. The molecule has 0 bridgehead atoms. The summed E-state index contributed by atoms with van der Waals surface area (Å²) in [7, 11) is 0. The van der Waals surface area contributed by atoms with Crippen LogP contribution in [0.4, 0.5) is 13.2 Å². The fraction of sp³-hybridized carbons (Fsp3) is 0.200. The lowest BCUT2D eigenvalue weighted by Crippen LogP contribution is -2.23. The van der Waals surface area contributed by atoms with Gasteiger partial charge in [0.2, 0.25) is 0 Å². The van der Waals surface area contributed by atoms with E-state index in [9.17, 15) is 13.2 Å². The summed E-state index contributed by atoms with van der Waals surface area (Å²) in [5.41, 5.74) is 0.495. The second-order valence-corrected chi connectivity index (χ2v) is 6.83. The van der Waals surface area contributed by atoms with Crippen LogP contribution in [0.15, 0.2) is 84.9 Å². The molecule has 3 aromatic rings. The molecule has 162 valence electrons. The molecule has 0 saturated heterocycles. The lowest BCUT2D eigenvalue weighted by atomic mass is 9.89. The van der Waals surface area contributed by atoms with Gasteiger partial charge < -0.3 is 15.2 Å². The van der Waals surface area contributed by atoms with E-state index in [2.05, 4.69) is 5.32 Å². The molecule has 3 nitrogen and oxygen atoms in total. The summed E-state index contributed by atoms with van der Waals surface area (Å²) < 4.78 is 48.4. The van der Waals surface area contributed by atoms with Gasteiger partial charge in [-0.25, -0.2) is 0 Å². The lowest BCUT2D eigenvalue weighted by molar-refractivity contribution is -0.0685. The van der Waals surface area contributed by atoms with Crippen LogP contribution in [0.2, 0.25) is 0 Å². The quantitative estimate of drug-likeness (QED) is 0.366. The number of hydrogen-bond acceptors (Lipinski definition) is 3. The van der Waals surface area contributed by atoms with Gasteiger partial charge >= 0.3 is 6.18 Å². The van der Waals surface area contributed by atoms with Crippen LogP contribution < -0.4 is 10.1 Å². The number of hydrogen-bond donors (Lipinski definition) is 2. The highest BCUT2D eigenvalue weighted by Crippen LogP contribution is 2.42. The SMILES string of the molecule is OCCNCCOc1ccc(/C(=C(/c2ccccc2)C(F)(F)F)c2ccccc2)cc1. The molecule has 0 heterocycles. The smallest absolute Gasteiger partial charge is 0.417 e. The molecule has 0 fully saturated rings. The number of benzene rings is 3. The van der Waals surface area contributed by atoms with E-state index < -0.39 is 11.7 Å². The highest BCUT2D eigenvalue weighted by molar-refractivity contribution is 6.00. The second-order valence-electron chi connectivity index (χ2n) is 6.83. The van der Waals surface area contributed by atoms with Crippen LogP contribution in [0.5, 0.6) is 5.75 Å². The highest BCUT2D eigenvalue weighted by Gasteiger charge is 2.38. The number of aliphatic hydroxyl groups is 1. The maximum absolute atomic E-state index is 14.3. The molecule has 2 N–H and O–H groups in total. The summed E-state index contributed by atoms with van der Waals surface area (Å²) in [6.07, 6.45) is -4.54. The van der Waals surface area contributed by atoms with E-state index in [1.54, 1.807) is 72.8 Å². The van der Waals surface area contributed by atoms with Crippen molar-refractivity contribution in [2.75, 3.05) is 26.3 Å². The lowest BCUT2D eigenvalue weighted by Gasteiger charge is -2.20. The van der Waals surface area contributed by atoms with Gasteiger partial charge in [-0.15, -0.1) is 0 Å². The van der Waals surface area contributed by atoms with E-state index in [-0.39, 0.29) is 17.7 Å². The van der Waals surface area contributed by atoms with Gasteiger partial charge in [-0.05, 0) is 28.8 Å². The Morgan fingerprint density at radius 1 is 0.742 bits per heavy atom. The van der Waals surface area contributed by atoms with Crippen molar-refractivity contribution in [1.29, 1.82) is 0 Å². The van der Waals surface area contributed by atoms with Gasteiger partial charge in [-0.1, -0.05) is 72.8 Å². The van der Waals surface area contributed by atoms with Gasteiger partial charge in [0.25, 0.3) is 0 Å². The number of ether oxygens (including phenoxy) is 1. The van der Waals surface area contributed by atoms with Crippen molar-refractivity contribution >= 4 is 11.1 Å². The average molecular weight is 427 g/mol. The Morgan fingerprint density at radius 3 is 1.84 bits per heavy atom. The van der Waals surface area contributed by atoms with Crippen LogP contribution in [0, 0.1) is 0 Å². The van der Waals surface area contributed by atoms with E-state index >= 15 is 0 Å². The molecule has 0 atom stereocenters. The summed E-state index contributed by atoms with van der Waals surface area (Å²) in [5.74, 6) is 0.565. The van der Waals surface area contributed by atoms with Crippen LogP contribution in [-0.4, -0.2) is 37.6 Å². The standard InChI is InChI=1S/C25H24F3NO2/c26-25(27,28)24(21-9-5-2-6-10-21)23(19-7-3-1-4-8-19)20-11-13-22(14-12-20)31-18-16-29-15-17-30/h1-14,29-30H,15-18H2/b24-23-. The molecule has 0 unspecified atom stereocenters. The molecule has 0 amide bonds. The third-order valence-corrected chi connectivity index (χ3v) is 4.64. The Kier molecular flexibility index (Phi) is 7.87. The zero-order chi connectivity index (χ0) is 22.1. The predicted molar refractivity (Wildman–Crippen MR) is 117 cm³/mol. The fourth-order valence-corrected chi connectivity index (χ4v) is 3.28. The van der Waals surface area contributed by atoms with Gasteiger partial charge in [0.05, 0.1) is 12.2 Å². The van der Waals surface area contributed by atoms with Crippen molar-refractivity contribution in [2.45, 2.75) is 6.18 Å². The second kappa shape index (κ2) is 10.8. The van der Waals surface area contributed by atoms with Crippen molar-refractivity contribution in [3.8, 4) is 5.75 Å². The van der Waals surface area contributed by atoms with Crippen LogP contribution >= 0.6 is 0 Å². The third-order valence-electron chi connectivity index (χ3n) is 4.64. The molecule has 0 radical (unpaired) electrons. The molecular weight excluding hydrogens is 403 g/mol. The fourth-order valence-electron chi connectivity index (χ4n) is 3.28. The van der Waals surface area contributed by atoms with Crippen LogP contribution in [-0.2, 0) is 0 Å². The first kappa shape index (κ1) is 22.6. The van der Waals surface area contributed by atoms with Crippen molar-refractivity contribution in [2.24, 2.45) is 0 Å². The van der Waals surface area contributed by atoms with E-state index in [1.807, 2.05) is 0 Å². The number of allylic oxidation sites excluding steroid dienone is 1. The summed E-state index contributed by atoms with van der Waals surface area (Å²) >= 11 is 0. The van der Waals surface area contributed by atoms with Gasteiger partial charge in [0, 0.05) is 18.7 Å². The molecule has 0 aliphatic rings. The normalized spacial score (nSPS) is 12.4. The van der Waals surface area contributed by atoms with Crippen LogP contribution in [0.1, 0.15) is 16.7 Å². The number of alkyl halides is 3. The highest BCUT2D eigenvalue weighted by atomic mass is 19.4.